The third-order valence-electron chi connectivity index (χ3n) is 9.54. The van der Waals surface area contributed by atoms with Crippen molar-refractivity contribution in [2.45, 2.75) is 72.3 Å². The molecule has 45 heavy (non-hydrogen) atoms. The van der Waals surface area contributed by atoms with Gasteiger partial charge in [0, 0.05) is 61.6 Å². The van der Waals surface area contributed by atoms with Crippen LogP contribution in [0.3, 0.4) is 0 Å². The van der Waals surface area contributed by atoms with Crippen LogP contribution >= 0.6 is 0 Å². The first-order chi connectivity index (χ1) is 21.5. The third kappa shape index (κ3) is 6.05. The van der Waals surface area contributed by atoms with Gasteiger partial charge in [0.1, 0.15) is 6.61 Å². The van der Waals surface area contributed by atoms with E-state index in [1.165, 1.54) is 5.39 Å². The van der Waals surface area contributed by atoms with E-state index < -0.39 is 5.92 Å². The number of fused-ring (bicyclic) bond motifs is 1. The number of ketones is 2. The van der Waals surface area contributed by atoms with Crippen molar-refractivity contribution in [2.75, 3.05) is 27.4 Å². The third-order valence-corrected chi connectivity index (χ3v) is 9.54. The summed E-state index contributed by atoms with van der Waals surface area (Å²) >= 11 is 0. The Morgan fingerprint density at radius 2 is 1.42 bits per heavy atom. The van der Waals surface area contributed by atoms with Crippen molar-refractivity contribution in [3.05, 3.63) is 94.3 Å². The van der Waals surface area contributed by atoms with Crippen molar-refractivity contribution in [1.29, 1.82) is 0 Å². The SMILES string of the molecule is COCCCN1C2=C(C(=O)CC(C)(C)C2)C(c2ccc(OCc3cccc4ccccc34)c(OC)c2)C2=C1CC(C)(C)CC2=O. The summed E-state index contributed by atoms with van der Waals surface area (Å²) in [5.41, 5.74) is 5.33. The van der Waals surface area contributed by atoms with Gasteiger partial charge in [0.25, 0.3) is 0 Å². The first kappa shape index (κ1) is 31.1. The first-order valence-electron chi connectivity index (χ1n) is 16.1. The molecule has 3 aliphatic rings. The Morgan fingerprint density at radius 3 is 2.07 bits per heavy atom. The molecule has 0 amide bonds. The molecule has 2 aliphatic carbocycles. The van der Waals surface area contributed by atoms with Gasteiger partial charge in [-0.1, -0.05) is 76.2 Å². The van der Waals surface area contributed by atoms with Crippen LogP contribution in [0.1, 0.15) is 76.8 Å². The number of carbonyl (C=O) groups is 2. The predicted octanol–water partition coefficient (Wildman–Crippen LogP) is 8.15. The number of rotatable bonds is 9. The number of methoxy groups -OCH3 is 2. The van der Waals surface area contributed by atoms with E-state index in [1.807, 2.05) is 36.4 Å². The van der Waals surface area contributed by atoms with E-state index in [0.29, 0.717) is 37.6 Å². The van der Waals surface area contributed by atoms with Crippen LogP contribution in [0.15, 0.2) is 83.2 Å². The Morgan fingerprint density at radius 1 is 0.778 bits per heavy atom. The van der Waals surface area contributed by atoms with Gasteiger partial charge in [-0.3, -0.25) is 9.59 Å². The molecule has 3 aromatic carbocycles. The van der Waals surface area contributed by atoms with E-state index in [2.05, 4.69) is 56.9 Å². The highest BCUT2D eigenvalue weighted by atomic mass is 16.5. The van der Waals surface area contributed by atoms with Crippen LogP contribution in [-0.2, 0) is 20.9 Å². The first-order valence-corrected chi connectivity index (χ1v) is 16.1. The zero-order valence-electron chi connectivity index (χ0n) is 27.5. The number of hydrogen-bond donors (Lipinski definition) is 0. The maximum atomic E-state index is 14.1. The molecule has 236 valence electrons. The fraction of sp³-hybridized carbons (Fsp3) is 0.436. The molecule has 6 nitrogen and oxygen atoms in total. The molecule has 0 radical (unpaired) electrons. The Hall–Kier alpha value is -3.90. The number of allylic oxidation sites excluding steroid dienone is 4. The second-order valence-electron chi connectivity index (χ2n) is 14.4. The van der Waals surface area contributed by atoms with Crippen LogP contribution < -0.4 is 9.47 Å². The molecule has 6 heteroatoms. The van der Waals surface area contributed by atoms with Gasteiger partial charge in [0.15, 0.2) is 23.1 Å². The largest absolute Gasteiger partial charge is 0.493 e. The molecule has 1 heterocycles. The second-order valence-corrected chi connectivity index (χ2v) is 14.4. The summed E-state index contributed by atoms with van der Waals surface area (Å²) < 4.78 is 17.6. The van der Waals surface area contributed by atoms with Crippen LogP contribution in [0.25, 0.3) is 10.8 Å². The number of Topliss-reactive ketones (excluding diaryl/α,β-unsaturated/α-hetero) is 2. The van der Waals surface area contributed by atoms with E-state index in [-0.39, 0.29) is 22.4 Å². The van der Waals surface area contributed by atoms with Gasteiger partial charge < -0.3 is 19.1 Å². The lowest BCUT2D eigenvalue weighted by Gasteiger charge is -2.49. The van der Waals surface area contributed by atoms with Crippen molar-refractivity contribution < 1.29 is 23.8 Å². The average molecular weight is 608 g/mol. The van der Waals surface area contributed by atoms with E-state index in [4.69, 9.17) is 14.2 Å². The van der Waals surface area contributed by atoms with Crippen molar-refractivity contribution >= 4 is 22.3 Å². The summed E-state index contributed by atoms with van der Waals surface area (Å²) in [6, 6.07) is 20.4. The van der Waals surface area contributed by atoms with Crippen molar-refractivity contribution in [2.24, 2.45) is 10.8 Å². The van der Waals surface area contributed by atoms with Crippen LogP contribution in [0.5, 0.6) is 11.5 Å². The highest BCUT2D eigenvalue weighted by Crippen LogP contribution is 2.55. The maximum absolute atomic E-state index is 14.1. The molecule has 0 saturated carbocycles. The Kier molecular flexibility index (Phi) is 8.38. The Labute approximate surface area is 267 Å². The molecule has 0 N–H and O–H groups in total. The quantitative estimate of drug-likeness (QED) is 0.229. The van der Waals surface area contributed by atoms with Gasteiger partial charge >= 0.3 is 0 Å². The number of nitrogens with zero attached hydrogens (tertiary/aromatic N) is 1. The minimum Gasteiger partial charge on any atom is -0.493 e. The second kappa shape index (κ2) is 12.1. The van der Waals surface area contributed by atoms with Crippen LogP contribution in [0.2, 0.25) is 0 Å². The summed E-state index contributed by atoms with van der Waals surface area (Å²) in [7, 11) is 3.35. The standard InChI is InChI=1S/C39H45NO5/c1-38(2)20-29-36(31(41)22-38)35(37-30(40(29)17-10-18-43-5)21-39(3,4)23-32(37)42)26-15-16-33(34(19-26)44-6)45-24-27-13-9-12-25-11-7-8-14-28(25)27/h7-9,11-16,19,35H,10,17-18,20-24H2,1-6H3. The molecular formula is C39H45NO5. The topological polar surface area (TPSA) is 65.1 Å². The molecule has 1 aliphatic heterocycles. The highest BCUT2D eigenvalue weighted by molar-refractivity contribution is 6.06. The van der Waals surface area contributed by atoms with E-state index >= 15 is 0 Å². The molecule has 0 saturated heterocycles. The number of carbonyl (C=O) groups excluding carboxylic acids is 2. The summed E-state index contributed by atoms with van der Waals surface area (Å²) in [6.45, 7) is 10.4. The summed E-state index contributed by atoms with van der Waals surface area (Å²) in [5.74, 6) is 1.04. The average Bonchev–Trinajstić information content (AvgIpc) is 2.99. The van der Waals surface area contributed by atoms with Gasteiger partial charge in [0.05, 0.1) is 7.11 Å². The number of hydrogen-bond acceptors (Lipinski definition) is 6. The molecule has 0 bridgehead atoms. The molecule has 6 rings (SSSR count). The van der Waals surface area contributed by atoms with Crippen molar-refractivity contribution in [1.82, 2.24) is 4.90 Å². The molecule has 0 atom stereocenters. The molecule has 0 fully saturated rings. The highest BCUT2D eigenvalue weighted by Gasteiger charge is 2.49. The van der Waals surface area contributed by atoms with E-state index in [1.54, 1.807) is 14.2 Å². The van der Waals surface area contributed by atoms with Gasteiger partial charge in [-0.15, -0.1) is 0 Å². The zero-order chi connectivity index (χ0) is 31.9. The monoisotopic (exact) mass is 607 g/mol. The van der Waals surface area contributed by atoms with Gasteiger partial charge in [0.2, 0.25) is 0 Å². The van der Waals surface area contributed by atoms with Crippen LogP contribution in [-0.4, -0.2) is 43.8 Å². The van der Waals surface area contributed by atoms with Crippen molar-refractivity contribution in [3.8, 4) is 11.5 Å². The fourth-order valence-corrected chi connectivity index (χ4v) is 7.57. The minimum atomic E-state index is -0.429. The normalized spacial score (nSPS) is 19.6. The minimum absolute atomic E-state index is 0.127. The Bertz CT molecular complexity index is 1650. The predicted molar refractivity (Wildman–Crippen MR) is 177 cm³/mol. The summed E-state index contributed by atoms with van der Waals surface area (Å²) in [5, 5.41) is 2.33. The number of benzene rings is 3. The molecule has 3 aromatic rings. The maximum Gasteiger partial charge on any atom is 0.162 e. The lowest BCUT2D eigenvalue weighted by Crippen LogP contribution is -2.44. The molecule has 0 spiro atoms. The molecular weight excluding hydrogens is 562 g/mol. The van der Waals surface area contributed by atoms with Crippen LogP contribution in [0, 0.1) is 10.8 Å². The zero-order valence-corrected chi connectivity index (χ0v) is 27.5. The summed E-state index contributed by atoms with van der Waals surface area (Å²) in [4.78, 5) is 30.5. The number of ether oxygens (including phenoxy) is 3. The smallest absolute Gasteiger partial charge is 0.162 e. The lowest BCUT2D eigenvalue weighted by molar-refractivity contribution is -0.119. The summed E-state index contributed by atoms with van der Waals surface area (Å²) in [6.07, 6.45) is 3.30. The van der Waals surface area contributed by atoms with E-state index in [0.717, 1.165) is 64.9 Å². The van der Waals surface area contributed by atoms with Gasteiger partial charge in [-0.05, 0) is 64.1 Å². The fourth-order valence-electron chi connectivity index (χ4n) is 7.57. The van der Waals surface area contributed by atoms with Crippen molar-refractivity contribution in [3.63, 3.8) is 0 Å². The van der Waals surface area contributed by atoms with Crippen LogP contribution in [0.4, 0.5) is 0 Å². The van der Waals surface area contributed by atoms with Gasteiger partial charge in [-0.25, -0.2) is 0 Å². The lowest BCUT2D eigenvalue weighted by atomic mass is 9.63. The van der Waals surface area contributed by atoms with Gasteiger partial charge in [-0.2, -0.15) is 0 Å². The molecule has 0 aromatic heterocycles. The Balaban J connectivity index is 1.43. The molecule has 0 unspecified atom stereocenters. The van der Waals surface area contributed by atoms with E-state index in [9.17, 15) is 9.59 Å².